The predicted molar refractivity (Wildman–Crippen MR) is 79.9 cm³/mol. The first-order valence-electron chi connectivity index (χ1n) is 6.79. The Morgan fingerprint density at radius 1 is 1.33 bits per heavy atom. The summed E-state index contributed by atoms with van der Waals surface area (Å²) in [6.45, 7) is 4.86. The van der Waals surface area contributed by atoms with Crippen LogP contribution in [0.15, 0.2) is 36.7 Å². The third-order valence-corrected chi connectivity index (χ3v) is 2.89. The van der Waals surface area contributed by atoms with Crippen LogP contribution in [-0.2, 0) is 0 Å². The number of anilines is 2. The lowest BCUT2D eigenvalue weighted by molar-refractivity contribution is 0.0983. The van der Waals surface area contributed by atoms with Gasteiger partial charge in [0.25, 0.3) is 5.91 Å². The van der Waals surface area contributed by atoms with E-state index < -0.39 is 0 Å². The van der Waals surface area contributed by atoms with E-state index in [1.807, 2.05) is 13.8 Å². The molecule has 0 saturated heterocycles. The molecule has 0 atom stereocenters. The maximum absolute atomic E-state index is 13.3. The van der Waals surface area contributed by atoms with E-state index >= 15 is 0 Å². The summed E-state index contributed by atoms with van der Waals surface area (Å²) in [5.41, 5.74) is 0.720. The van der Waals surface area contributed by atoms with Crippen LogP contribution in [0, 0.1) is 5.82 Å². The van der Waals surface area contributed by atoms with Gasteiger partial charge in [-0.1, -0.05) is 6.07 Å². The van der Waals surface area contributed by atoms with E-state index in [1.165, 1.54) is 23.2 Å². The normalized spacial score (nSPS) is 10.2. The average Bonchev–Trinajstić information content (AvgIpc) is 2.49. The summed E-state index contributed by atoms with van der Waals surface area (Å²) in [4.78, 5) is 22.2. The highest BCUT2D eigenvalue weighted by Gasteiger charge is 2.18. The maximum Gasteiger partial charge on any atom is 0.278 e. The molecule has 0 aliphatic carbocycles. The molecule has 21 heavy (non-hydrogen) atoms. The van der Waals surface area contributed by atoms with Crippen molar-refractivity contribution in [1.29, 1.82) is 0 Å². The van der Waals surface area contributed by atoms with E-state index in [0.29, 0.717) is 24.6 Å². The van der Waals surface area contributed by atoms with Gasteiger partial charge in [-0.25, -0.2) is 9.37 Å². The molecule has 6 heteroatoms. The minimum atomic E-state index is -0.383. The summed E-state index contributed by atoms with van der Waals surface area (Å²) in [6.07, 6.45) is 2.96. The Labute approximate surface area is 122 Å². The van der Waals surface area contributed by atoms with Gasteiger partial charge in [-0.15, -0.1) is 0 Å². The number of hydrogen-bond donors (Lipinski definition) is 1. The van der Waals surface area contributed by atoms with Crippen molar-refractivity contribution in [2.45, 2.75) is 13.8 Å². The number of carbonyl (C=O) groups is 1. The lowest BCUT2D eigenvalue weighted by Crippen LogP contribution is -2.31. The van der Waals surface area contributed by atoms with E-state index in [9.17, 15) is 9.18 Å². The van der Waals surface area contributed by atoms with Crippen molar-refractivity contribution in [1.82, 2.24) is 9.97 Å². The van der Waals surface area contributed by atoms with Gasteiger partial charge in [0.1, 0.15) is 17.3 Å². The number of nitrogens with one attached hydrogen (secondary N) is 1. The summed E-state index contributed by atoms with van der Waals surface area (Å²) >= 11 is 0. The van der Waals surface area contributed by atoms with Crippen molar-refractivity contribution in [3.8, 4) is 0 Å². The molecule has 0 aliphatic heterocycles. The molecule has 1 amide bonds. The summed E-state index contributed by atoms with van der Waals surface area (Å²) in [7, 11) is 0. The Morgan fingerprint density at radius 3 is 2.81 bits per heavy atom. The number of hydrogen-bond acceptors (Lipinski definition) is 4. The minimum Gasteiger partial charge on any atom is -0.369 e. The highest BCUT2D eigenvalue weighted by Crippen LogP contribution is 2.17. The molecule has 0 saturated carbocycles. The van der Waals surface area contributed by atoms with Crippen molar-refractivity contribution in [3.05, 3.63) is 48.2 Å². The largest absolute Gasteiger partial charge is 0.369 e. The van der Waals surface area contributed by atoms with Crippen molar-refractivity contribution in [3.63, 3.8) is 0 Å². The van der Waals surface area contributed by atoms with E-state index in [-0.39, 0.29) is 17.4 Å². The smallest absolute Gasteiger partial charge is 0.278 e. The van der Waals surface area contributed by atoms with Crippen LogP contribution in [0.2, 0.25) is 0 Å². The first kappa shape index (κ1) is 14.9. The molecule has 0 unspecified atom stereocenters. The molecule has 1 aromatic heterocycles. The van der Waals surface area contributed by atoms with Crippen LogP contribution in [0.5, 0.6) is 0 Å². The molecule has 110 valence electrons. The van der Waals surface area contributed by atoms with Gasteiger partial charge in [-0.2, -0.15) is 0 Å². The van der Waals surface area contributed by atoms with Gasteiger partial charge < -0.3 is 10.2 Å². The molecule has 1 heterocycles. The molecule has 0 radical (unpaired) electrons. The Balaban J connectivity index is 2.30. The van der Waals surface area contributed by atoms with Crippen molar-refractivity contribution < 1.29 is 9.18 Å². The van der Waals surface area contributed by atoms with Gasteiger partial charge in [-0.05, 0) is 32.0 Å². The standard InChI is InChI=1S/C15H17FN4O/c1-3-18-14-10-17-9-13(19-14)15(21)20(4-2)12-7-5-6-11(16)8-12/h5-10H,3-4H2,1-2H3,(H,18,19). The number of amides is 1. The third kappa shape index (κ3) is 3.53. The lowest BCUT2D eigenvalue weighted by Gasteiger charge is -2.20. The van der Waals surface area contributed by atoms with E-state index in [0.717, 1.165) is 0 Å². The molecule has 0 aliphatic rings. The van der Waals surface area contributed by atoms with E-state index in [1.54, 1.807) is 18.3 Å². The van der Waals surface area contributed by atoms with E-state index in [4.69, 9.17) is 0 Å². The quantitative estimate of drug-likeness (QED) is 0.919. The number of halogens is 1. The average molecular weight is 288 g/mol. The first-order chi connectivity index (χ1) is 10.2. The predicted octanol–water partition coefficient (Wildman–Crippen LogP) is 2.71. The van der Waals surface area contributed by atoms with Gasteiger partial charge in [0.2, 0.25) is 0 Å². The van der Waals surface area contributed by atoms with Crippen LogP contribution >= 0.6 is 0 Å². The van der Waals surface area contributed by atoms with Crippen LogP contribution in [0.25, 0.3) is 0 Å². The summed E-state index contributed by atoms with van der Waals surface area (Å²) < 4.78 is 13.3. The molecule has 5 nitrogen and oxygen atoms in total. The number of aromatic nitrogens is 2. The van der Waals surface area contributed by atoms with Gasteiger partial charge in [0.05, 0.1) is 12.4 Å². The second kappa shape index (κ2) is 6.78. The lowest BCUT2D eigenvalue weighted by atomic mass is 10.2. The molecular weight excluding hydrogens is 271 g/mol. The third-order valence-electron chi connectivity index (χ3n) is 2.89. The second-order valence-corrected chi connectivity index (χ2v) is 4.35. The molecule has 0 bridgehead atoms. The van der Waals surface area contributed by atoms with E-state index in [2.05, 4.69) is 15.3 Å². The van der Waals surface area contributed by atoms with Crippen LogP contribution in [-0.4, -0.2) is 29.0 Å². The zero-order valence-electron chi connectivity index (χ0n) is 12.0. The van der Waals surface area contributed by atoms with Crippen molar-refractivity contribution >= 4 is 17.4 Å². The SMILES string of the molecule is CCNc1cncc(C(=O)N(CC)c2cccc(F)c2)n1. The number of carbonyl (C=O) groups excluding carboxylic acids is 1. The first-order valence-corrected chi connectivity index (χ1v) is 6.79. The number of rotatable bonds is 5. The van der Waals surface area contributed by atoms with Gasteiger partial charge in [0, 0.05) is 18.8 Å². The fourth-order valence-corrected chi connectivity index (χ4v) is 1.96. The molecule has 0 fully saturated rings. The van der Waals surface area contributed by atoms with Crippen molar-refractivity contribution in [2.75, 3.05) is 23.3 Å². The van der Waals surface area contributed by atoms with Crippen LogP contribution < -0.4 is 10.2 Å². The van der Waals surface area contributed by atoms with Crippen LogP contribution in [0.4, 0.5) is 15.9 Å². The Kier molecular flexibility index (Phi) is 4.81. The Morgan fingerprint density at radius 2 is 2.14 bits per heavy atom. The summed E-state index contributed by atoms with van der Waals surface area (Å²) in [6, 6.07) is 5.92. The zero-order chi connectivity index (χ0) is 15.2. The molecule has 2 aromatic rings. The molecular formula is C15H17FN4O. The highest BCUT2D eigenvalue weighted by atomic mass is 19.1. The number of nitrogens with zero attached hydrogens (tertiary/aromatic N) is 3. The monoisotopic (exact) mass is 288 g/mol. The minimum absolute atomic E-state index is 0.222. The fraction of sp³-hybridized carbons (Fsp3) is 0.267. The Hall–Kier alpha value is -2.50. The van der Waals surface area contributed by atoms with Crippen LogP contribution in [0.1, 0.15) is 24.3 Å². The van der Waals surface area contributed by atoms with Gasteiger partial charge in [0.15, 0.2) is 0 Å². The summed E-state index contributed by atoms with van der Waals surface area (Å²) in [5, 5.41) is 3.00. The second-order valence-electron chi connectivity index (χ2n) is 4.35. The van der Waals surface area contributed by atoms with Gasteiger partial charge >= 0.3 is 0 Å². The highest BCUT2D eigenvalue weighted by molar-refractivity contribution is 6.04. The molecule has 1 N–H and O–H groups in total. The van der Waals surface area contributed by atoms with Crippen LogP contribution in [0.3, 0.4) is 0 Å². The topological polar surface area (TPSA) is 58.1 Å². The maximum atomic E-state index is 13.3. The Bertz CT molecular complexity index is 633. The molecule has 1 aromatic carbocycles. The van der Waals surface area contributed by atoms with Gasteiger partial charge in [-0.3, -0.25) is 9.78 Å². The molecule has 0 spiro atoms. The molecule has 2 rings (SSSR count). The summed E-state index contributed by atoms with van der Waals surface area (Å²) in [5.74, 6) is -0.153. The zero-order valence-corrected chi connectivity index (χ0v) is 12.0. The number of benzene rings is 1. The fourth-order valence-electron chi connectivity index (χ4n) is 1.96. The van der Waals surface area contributed by atoms with Crippen molar-refractivity contribution in [2.24, 2.45) is 0 Å².